The van der Waals surface area contributed by atoms with E-state index in [4.69, 9.17) is 9.47 Å². The van der Waals surface area contributed by atoms with Gasteiger partial charge in [-0.05, 0) is 49.7 Å². The number of nitrogens with zero attached hydrogens (tertiary/aromatic N) is 2. The Hall–Kier alpha value is -2.36. The van der Waals surface area contributed by atoms with E-state index >= 15 is 0 Å². The summed E-state index contributed by atoms with van der Waals surface area (Å²) < 4.78 is 52.4. The molecule has 3 unspecified atom stereocenters. The zero-order valence-corrected chi connectivity index (χ0v) is 23.4. The molecule has 2 aromatic carbocycles. The number of anilines is 2. The largest absolute Gasteiger partial charge is 0.492 e. The fourth-order valence-electron chi connectivity index (χ4n) is 3.15. The first-order chi connectivity index (χ1) is 16.9. The van der Waals surface area contributed by atoms with Crippen LogP contribution in [0.1, 0.15) is 24.5 Å². The highest BCUT2D eigenvalue weighted by Crippen LogP contribution is 2.36. The van der Waals surface area contributed by atoms with Gasteiger partial charge in [0, 0.05) is 36.4 Å². The molecule has 3 atom stereocenters. The number of benzene rings is 2. The molecule has 0 saturated heterocycles. The molecule has 0 saturated carbocycles. The Balaban J connectivity index is 1.83. The molecule has 1 amide bonds. The van der Waals surface area contributed by atoms with E-state index < -0.39 is 27.4 Å². The van der Waals surface area contributed by atoms with Gasteiger partial charge in [-0.15, -0.1) is 11.3 Å². The highest BCUT2D eigenvalue weighted by Gasteiger charge is 2.27. The number of aromatic nitrogens is 1. The maximum Gasteiger partial charge on any atom is 0.270 e. The van der Waals surface area contributed by atoms with E-state index in [1.807, 2.05) is 18.5 Å². The van der Waals surface area contributed by atoms with Crippen molar-refractivity contribution in [3.8, 4) is 11.5 Å². The van der Waals surface area contributed by atoms with Crippen LogP contribution in [-0.2, 0) is 14.8 Å². The van der Waals surface area contributed by atoms with Crippen molar-refractivity contribution in [2.75, 3.05) is 23.3 Å². The van der Waals surface area contributed by atoms with Crippen LogP contribution in [0.15, 0.2) is 58.9 Å². The number of aliphatic hydroxyl groups is 1. The molecule has 0 aliphatic rings. The van der Waals surface area contributed by atoms with Gasteiger partial charge in [-0.25, -0.2) is 13.4 Å². The molecule has 0 aliphatic heterocycles. The summed E-state index contributed by atoms with van der Waals surface area (Å²) >= 11 is 1.24. The van der Waals surface area contributed by atoms with E-state index in [9.17, 15) is 22.7 Å². The predicted molar refractivity (Wildman–Crippen MR) is 144 cm³/mol. The molecule has 0 radical (unpaired) electrons. The molecule has 0 bridgehead atoms. The molecule has 1 aromatic heterocycles. The molecule has 0 aliphatic carbocycles. The monoisotopic (exact) mass is 573 g/mol. The molecule has 0 spiro atoms. The Morgan fingerprint density at radius 2 is 2.06 bits per heavy atom. The van der Waals surface area contributed by atoms with E-state index in [0.29, 0.717) is 10.7 Å². The maximum atomic E-state index is 13.8. The van der Waals surface area contributed by atoms with Crippen LogP contribution >= 0.6 is 29.8 Å². The molecule has 3 rings (SSSR count). The first-order valence-corrected chi connectivity index (χ1v) is 14.1. The molecule has 36 heavy (non-hydrogen) atoms. The number of hydrogen-bond acceptors (Lipinski definition) is 8. The summed E-state index contributed by atoms with van der Waals surface area (Å²) in [7, 11) is 0.988. The van der Waals surface area contributed by atoms with Gasteiger partial charge in [0.05, 0.1) is 18.7 Å². The topological polar surface area (TPSA) is 118 Å². The number of thiazole rings is 1. The Morgan fingerprint density at radius 1 is 1.31 bits per heavy atom. The Kier molecular flexibility index (Phi) is 9.24. The summed E-state index contributed by atoms with van der Waals surface area (Å²) in [6.07, 6.45) is 0.268. The average Bonchev–Trinajstić information content (AvgIpc) is 3.33. The number of aliphatic hydroxyl groups excluding tert-OH is 1. The van der Waals surface area contributed by atoms with Gasteiger partial charge < -0.3 is 19.9 Å². The van der Waals surface area contributed by atoms with Crippen molar-refractivity contribution in [2.24, 2.45) is 0 Å². The number of ether oxygens (including phenoxy) is 2. The highest BCUT2D eigenvalue weighted by atomic mass is 32.2. The SMILES string of the molecule is CCOc1cc(NC(=O)CC(O)c2nccs2)ccc1S(=O)(=O)N(C)c1cccc(OC(F)(P)P)c1. The summed E-state index contributed by atoms with van der Waals surface area (Å²) in [5.41, 5.74) is 0.537. The lowest BCUT2D eigenvalue weighted by atomic mass is 10.2. The van der Waals surface area contributed by atoms with Gasteiger partial charge in [0.15, 0.2) is 0 Å². The normalized spacial score (nSPS) is 12.6. The van der Waals surface area contributed by atoms with Crippen LogP contribution in [0.4, 0.5) is 15.8 Å². The quantitative estimate of drug-likeness (QED) is 0.331. The summed E-state index contributed by atoms with van der Waals surface area (Å²) in [5.74, 6) is -0.311. The smallest absolute Gasteiger partial charge is 0.270 e. The first kappa shape index (κ1) is 28.2. The van der Waals surface area contributed by atoms with E-state index in [0.717, 1.165) is 4.31 Å². The van der Waals surface area contributed by atoms with Crippen LogP contribution in [0.3, 0.4) is 0 Å². The number of carbonyl (C=O) groups is 1. The van der Waals surface area contributed by atoms with Crippen molar-refractivity contribution in [2.45, 2.75) is 29.7 Å². The van der Waals surface area contributed by atoms with Crippen LogP contribution in [0.5, 0.6) is 11.5 Å². The number of alkyl halides is 1. The Bertz CT molecular complexity index is 1300. The lowest BCUT2D eigenvalue weighted by molar-refractivity contribution is -0.118. The van der Waals surface area contributed by atoms with Crippen LogP contribution in [0.2, 0.25) is 0 Å². The minimum absolute atomic E-state index is 0.0349. The molecule has 9 nitrogen and oxygen atoms in total. The third kappa shape index (κ3) is 7.33. The molecule has 194 valence electrons. The van der Waals surface area contributed by atoms with E-state index in [2.05, 4.69) is 10.3 Å². The number of amides is 1. The number of halogens is 1. The first-order valence-electron chi connectivity index (χ1n) is 10.6. The van der Waals surface area contributed by atoms with Crippen molar-refractivity contribution in [1.82, 2.24) is 4.98 Å². The zero-order chi connectivity index (χ0) is 26.5. The second kappa shape index (κ2) is 11.8. The number of nitrogens with one attached hydrogen (secondary N) is 1. The predicted octanol–water partition coefficient (Wildman–Crippen LogP) is 4.14. The molecule has 14 heteroatoms. The van der Waals surface area contributed by atoms with Gasteiger partial charge in [-0.2, -0.15) is 4.39 Å². The van der Waals surface area contributed by atoms with Crippen molar-refractivity contribution < 1.29 is 32.2 Å². The molecular weight excluding hydrogens is 547 g/mol. The third-order valence-corrected chi connectivity index (χ3v) is 7.67. The van der Waals surface area contributed by atoms with Crippen LogP contribution < -0.4 is 19.1 Å². The minimum Gasteiger partial charge on any atom is -0.492 e. The number of rotatable bonds is 11. The maximum absolute atomic E-state index is 13.8. The summed E-state index contributed by atoms with van der Waals surface area (Å²) in [4.78, 5) is 16.2. The molecule has 2 N–H and O–H groups in total. The Morgan fingerprint density at radius 3 is 2.69 bits per heavy atom. The van der Waals surface area contributed by atoms with E-state index in [-0.39, 0.29) is 35.1 Å². The van der Waals surface area contributed by atoms with Crippen molar-refractivity contribution in [3.05, 3.63) is 59.0 Å². The van der Waals surface area contributed by atoms with E-state index in [1.165, 1.54) is 54.9 Å². The average molecular weight is 574 g/mol. The summed E-state index contributed by atoms with van der Waals surface area (Å²) in [6.45, 7) is 1.88. The second-order valence-corrected chi connectivity index (χ2v) is 12.6. The molecule has 0 fully saturated rings. The number of sulfonamides is 1. The van der Waals surface area contributed by atoms with Gasteiger partial charge >= 0.3 is 0 Å². The van der Waals surface area contributed by atoms with Crippen molar-refractivity contribution in [3.63, 3.8) is 0 Å². The fourth-order valence-corrected chi connectivity index (χ4v) is 5.34. The highest BCUT2D eigenvalue weighted by molar-refractivity contribution is 7.93. The van der Waals surface area contributed by atoms with Gasteiger partial charge in [0.2, 0.25) is 5.91 Å². The fraction of sp³-hybridized carbons (Fsp3) is 0.273. The van der Waals surface area contributed by atoms with Gasteiger partial charge in [0.25, 0.3) is 15.4 Å². The van der Waals surface area contributed by atoms with Crippen LogP contribution in [-0.4, -0.2) is 43.4 Å². The minimum atomic E-state index is -4.11. The van der Waals surface area contributed by atoms with Crippen LogP contribution in [0, 0.1) is 0 Å². The number of carbonyl (C=O) groups excluding carboxylic acids is 1. The van der Waals surface area contributed by atoms with E-state index in [1.54, 1.807) is 24.4 Å². The summed E-state index contributed by atoms with van der Waals surface area (Å²) in [5, 5.41) is 12.8. The number of hydrogen-bond donors (Lipinski definition) is 2. The van der Waals surface area contributed by atoms with Crippen molar-refractivity contribution >= 4 is 57.1 Å². The molecule has 1 heterocycles. The zero-order valence-electron chi connectivity index (χ0n) is 19.4. The lowest BCUT2D eigenvalue weighted by Gasteiger charge is -2.23. The summed E-state index contributed by atoms with van der Waals surface area (Å²) in [6, 6.07) is 10.1. The lowest BCUT2D eigenvalue weighted by Crippen LogP contribution is -2.27. The second-order valence-electron chi connectivity index (χ2n) is 7.50. The van der Waals surface area contributed by atoms with Gasteiger partial charge in [-0.3, -0.25) is 9.10 Å². The standard InChI is InChI=1S/C22H26FN3O6P2S2/c1-3-31-18-11-14(25-20(28)13-17(27)21-24-9-10-35-21)7-8-19(18)36(29,30)26(2)15-5-4-6-16(12-15)32-22(23,33)34/h4-12,17,27H,3,13,33-34H2,1-2H3,(H,25,28). The van der Waals surface area contributed by atoms with Crippen LogP contribution in [0.25, 0.3) is 0 Å². The van der Waals surface area contributed by atoms with Gasteiger partial charge in [-0.1, -0.05) is 6.07 Å². The Labute approximate surface area is 217 Å². The van der Waals surface area contributed by atoms with Gasteiger partial charge in [0.1, 0.15) is 27.5 Å². The molecule has 3 aromatic rings. The van der Waals surface area contributed by atoms with Crippen molar-refractivity contribution in [1.29, 1.82) is 0 Å². The molecular formula is C22H26FN3O6P2S2. The third-order valence-electron chi connectivity index (χ3n) is 4.74.